The van der Waals surface area contributed by atoms with Gasteiger partial charge in [0, 0.05) is 44.9 Å². The molecule has 0 bridgehead atoms. The van der Waals surface area contributed by atoms with Gasteiger partial charge in [-0.25, -0.2) is 4.98 Å². The van der Waals surface area contributed by atoms with E-state index in [1.165, 1.54) is 30.3 Å². The van der Waals surface area contributed by atoms with Gasteiger partial charge < -0.3 is 19.3 Å². The van der Waals surface area contributed by atoms with E-state index in [0.717, 1.165) is 12.1 Å². The minimum atomic E-state index is -4.56. The molecule has 3 rings (SSSR count). The van der Waals surface area contributed by atoms with E-state index in [-0.39, 0.29) is 30.2 Å². The predicted octanol–water partition coefficient (Wildman–Crippen LogP) is 2.45. The van der Waals surface area contributed by atoms with E-state index < -0.39 is 22.9 Å². The summed E-state index contributed by atoms with van der Waals surface area (Å²) in [6.45, 7) is 0.478. The van der Waals surface area contributed by atoms with Crippen LogP contribution in [0.3, 0.4) is 0 Å². The smallest absolute Gasteiger partial charge is 0.416 e. The van der Waals surface area contributed by atoms with Crippen LogP contribution in [0.25, 0.3) is 11.1 Å². The molecule has 2 heterocycles. The fourth-order valence-corrected chi connectivity index (χ4v) is 3.14. The van der Waals surface area contributed by atoms with Gasteiger partial charge >= 0.3 is 6.18 Å². The minimum Gasteiger partial charge on any atom is -0.467 e. The molecule has 0 unspecified atom stereocenters. The molecule has 1 saturated heterocycles. The molecule has 29 heavy (non-hydrogen) atoms. The molecule has 1 aliphatic rings. The quantitative estimate of drug-likeness (QED) is 0.732. The Hall–Kier alpha value is -2.43. The maximum Gasteiger partial charge on any atom is 0.416 e. The van der Waals surface area contributed by atoms with Crippen LogP contribution in [0.1, 0.15) is 18.4 Å². The molecule has 0 saturated carbocycles. The average Bonchev–Trinajstić information content (AvgIpc) is 2.67. The van der Waals surface area contributed by atoms with Gasteiger partial charge in [-0.1, -0.05) is 0 Å². The molecule has 1 fully saturated rings. The number of aromatic nitrogens is 2. The fourth-order valence-electron chi connectivity index (χ4n) is 3.14. The molecule has 0 aliphatic carbocycles. The van der Waals surface area contributed by atoms with Crippen molar-refractivity contribution in [1.82, 2.24) is 9.55 Å². The fraction of sp³-hybridized carbons (Fsp3) is 0.474. The Kier molecular flexibility index (Phi) is 6.25. The van der Waals surface area contributed by atoms with E-state index in [4.69, 9.17) is 14.2 Å². The van der Waals surface area contributed by atoms with Crippen LogP contribution in [0.15, 0.2) is 35.5 Å². The highest BCUT2D eigenvalue weighted by atomic mass is 19.4. The van der Waals surface area contributed by atoms with Crippen LogP contribution >= 0.6 is 0 Å². The molecule has 1 N–H and O–H groups in total. The van der Waals surface area contributed by atoms with Crippen molar-refractivity contribution in [3.8, 4) is 16.9 Å². The lowest BCUT2D eigenvalue weighted by molar-refractivity contribution is -0.137. The molecule has 10 heteroatoms. The monoisotopic (exact) mass is 414 g/mol. The second-order valence-electron chi connectivity index (χ2n) is 6.84. The molecule has 0 atom stereocenters. The van der Waals surface area contributed by atoms with Crippen LogP contribution in [0.2, 0.25) is 0 Å². The standard InChI is InChI=1S/C19H21F3N2O5/c1-27-12-29-16-8-13(19(20,21)22)2-3-14(16)15-9-23-11-24(17(15)25)10-18(26)4-6-28-7-5-18/h2-3,8-9,11,26H,4-7,10,12H2,1H3. The number of ether oxygens (including phenoxy) is 3. The third kappa shape index (κ3) is 4.95. The van der Waals surface area contributed by atoms with Crippen molar-refractivity contribution in [1.29, 1.82) is 0 Å². The molecule has 158 valence electrons. The number of hydrogen-bond donors (Lipinski definition) is 1. The maximum absolute atomic E-state index is 13.1. The third-order valence-corrected chi connectivity index (χ3v) is 4.72. The Morgan fingerprint density at radius 2 is 2.00 bits per heavy atom. The first kappa shape index (κ1) is 21.3. The lowest BCUT2D eigenvalue weighted by Crippen LogP contribution is -2.42. The molecule has 7 nitrogen and oxygen atoms in total. The maximum atomic E-state index is 13.1. The Morgan fingerprint density at radius 1 is 1.28 bits per heavy atom. The number of rotatable bonds is 6. The summed E-state index contributed by atoms with van der Waals surface area (Å²) in [6.07, 6.45) is -1.28. The Morgan fingerprint density at radius 3 is 2.66 bits per heavy atom. The SMILES string of the molecule is COCOc1cc(C(F)(F)F)ccc1-c1cncn(CC2(O)CCOCC2)c1=O. The van der Waals surface area contributed by atoms with Gasteiger partial charge in [0.05, 0.1) is 29.6 Å². The van der Waals surface area contributed by atoms with Crippen molar-refractivity contribution >= 4 is 0 Å². The van der Waals surface area contributed by atoms with E-state index in [2.05, 4.69) is 4.98 Å². The number of hydrogen-bond acceptors (Lipinski definition) is 6. The molecular formula is C19H21F3N2O5. The van der Waals surface area contributed by atoms with Gasteiger partial charge in [0.2, 0.25) is 0 Å². The molecule has 0 radical (unpaired) electrons. The minimum absolute atomic E-state index is 0.00489. The Labute approximate surface area is 164 Å². The van der Waals surface area contributed by atoms with Gasteiger partial charge in [0.1, 0.15) is 5.75 Å². The van der Waals surface area contributed by atoms with Crippen LogP contribution in [0.5, 0.6) is 5.75 Å². The Bertz CT molecular complexity index is 907. The first-order valence-electron chi connectivity index (χ1n) is 8.91. The van der Waals surface area contributed by atoms with Gasteiger partial charge in [-0.15, -0.1) is 0 Å². The van der Waals surface area contributed by atoms with E-state index in [0.29, 0.717) is 26.1 Å². The lowest BCUT2D eigenvalue weighted by Gasteiger charge is -2.32. The summed E-state index contributed by atoms with van der Waals surface area (Å²) in [5, 5.41) is 10.7. The zero-order valence-electron chi connectivity index (χ0n) is 15.7. The topological polar surface area (TPSA) is 82.8 Å². The summed E-state index contributed by atoms with van der Waals surface area (Å²) in [5.74, 6) is -0.150. The summed E-state index contributed by atoms with van der Waals surface area (Å²) < 4.78 is 55.7. The second kappa shape index (κ2) is 8.52. The molecule has 1 aliphatic heterocycles. The van der Waals surface area contributed by atoms with Crippen LogP contribution in [0.4, 0.5) is 13.2 Å². The number of aliphatic hydroxyl groups is 1. The van der Waals surface area contributed by atoms with Crippen LogP contribution in [-0.4, -0.2) is 47.4 Å². The molecule has 1 aromatic carbocycles. The van der Waals surface area contributed by atoms with Gasteiger partial charge in [-0.2, -0.15) is 13.2 Å². The zero-order chi connectivity index (χ0) is 21.1. The van der Waals surface area contributed by atoms with Crippen LogP contribution in [0, 0.1) is 0 Å². The lowest BCUT2D eigenvalue weighted by atomic mass is 9.94. The molecule has 0 amide bonds. The predicted molar refractivity (Wildman–Crippen MR) is 96.4 cm³/mol. The molecular weight excluding hydrogens is 393 g/mol. The highest BCUT2D eigenvalue weighted by Gasteiger charge is 2.33. The zero-order valence-corrected chi connectivity index (χ0v) is 15.7. The van der Waals surface area contributed by atoms with E-state index in [1.807, 2.05) is 0 Å². The van der Waals surface area contributed by atoms with Crippen LogP contribution in [-0.2, 0) is 22.2 Å². The highest BCUT2D eigenvalue weighted by molar-refractivity contribution is 5.69. The van der Waals surface area contributed by atoms with Crippen molar-refractivity contribution in [2.24, 2.45) is 0 Å². The van der Waals surface area contributed by atoms with Crippen molar-refractivity contribution in [2.45, 2.75) is 31.2 Å². The molecule has 2 aromatic rings. The summed E-state index contributed by atoms with van der Waals surface area (Å²) in [5.41, 5.74) is -2.31. The third-order valence-electron chi connectivity index (χ3n) is 4.72. The van der Waals surface area contributed by atoms with Gasteiger partial charge in [-0.05, 0) is 18.2 Å². The highest BCUT2D eigenvalue weighted by Crippen LogP contribution is 2.36. The number of alkyl halides is 3. The number of benzene rings is 1. The van der Waals surface area contributed by atoms with Gasteiger partial charge in [0.15, 0.2) is 6.79 Å². The van der Waals surface area contributed by atoms with Crippen molar-refractivity contribution in [3.63, 3.8) is 0 Å². The summed E-state index contributed by atoms with van der Waals surface area (Å²) >= 11 is 0. The average molecular weight is 414 g/mol. The van der Waals surface area contributed by atoms with E-state index in [9.17, 15) is 23.1 Å². The molecule has 0 spiro atoms. The van der Waals surface area contributed by atoms with Crippen LogP contribution < -0.4 is 10.3 Å². The molecule has 1 aromatic heterocycles. The number of nitrogens with zero attached hydrogens (tertiary/aromatic N) is 2. The van der Waals surface area contributed by atoms with Crippen molar-refractivity contribution < 1.29 is 32.5 Å². The van der Waals surface area contributed by atoms with E-state index in [1.54, 1.807) is 0 Å². The van der Waals surface area contributed by atoms with Crippen molar-refractivity contribution in [2.75, 3.05) is 27.1 Å². The van der Waals surface area contributed by atoms with Gasteiger partial charge in [0.25, 0.3) is 5.56 Å². The van der Waals surface area contributed by atoms with Crippen molar-refractivity contribution in [3.05, 3.63) is 46.6 Å². The Balaban J connectivity index is 2.00. The summed E-state index contributed by atoms with van der Waals surface area (Å²) in [6, 6.07) is 2.86. The number of halogens is 3. The first-order valence-corrected chi connectivity index (χ1v) is 8.91. The first-order chi connectivity index (χ1) is 13.7. The largest absolute Gasteiger partial charge is 0.467 e. The second-order valence-corrected chi connectivity index (χ2v) is 6.84. The summed E-state index contributed by atoms with van der Waals surface area (Å²) in [4.78, 5) is 17.0. The summed E-state index contributed by atoms with van der Waals surface area (Å²) in [7, 11) is 1.33. The normalized spacial score (nSPS) is 16.6. The van der Waals surface area contributed by atoms with Gasteiger partial charge in [-0.3, -0.25) is 9.36 Å². The number of methoxy groups -OCH3 is 1. The van der Waals surface area contributed by atoms with E-state index >= 15 is 0 Å².